The molecule has 0 N–H and O–H groups in total. The predicted molar refractivity (Wildman–Crippen MR) is 120 cm³/mol. The smallest absolute Gasteiger partial charge is 0.260 e. The normalized spacial score (nSPS) is 11.7. The van der Waals surface area contributed by atoms with E-state index >= 15 is 0 Å². The van der Waals surface area contributed by atoms with E-state index in [0.29, 0.717) is 10.9 Å². The number of fused-ring (bicyclic) bond motifs is 1. The molecule has 2 aromatic heterocycles. The molecule has 30 heavy (non-hydrogen) atoms. The van der Waals surface area contributed by atoms with Crippen LogP contribution in [-0.4, -0.2) is 31.8 Å². The minimum Gasteiger partial charge on any atom is -0.467 e. The van der Waals surface area contributed by atoms with E-state index in [4.69, 9.17) is 4.42 Å². The summed E-state index contributed by atoms with van der Waals surface area (Å²) in [6, 6.07) is 15.5. The van der Waals surface area contributed by atoms with E-state index in [1.54, 1.807) is 42.3 Å². The number of sulfone groups is 1. The van der Waals surface area contributed by atoms with E-state index < -0.39 is 9.84 Å². The number of carbonyl (C=O) groups is 1. The summed E-state index contributed by atoms with van der Waals surface area (Å²) in [6.45, 7) is 0.185. The minimum atomic E-state index is -3.43. The molecule has 0 aliphatic carbocycles. The van der Waals surface area contributed by atoms with Crippen LogP contribution in [-0.2, 0) is 16.4 Å². The maximum Gasteiger partial charge on any atom is 0.260 e. The first-order valence-electron chi connectivity index (χ1n) is 8.94. The fourth-order valence-corrected chi connectivity index (χ4v) is 5.12. The van der Waals surface area contributed by atoms with E-state index in [-0.39, 0.29) is 22.9 Å². The number of thiazole rings is 1. The van der Waals surface area contributed by atoms with Crippen LogP contribution < -0.4 is 4.90 Å². The van der Waals surface area contributed by atoms with Gasteiger partial charge in [0.1, 0.15) is 5.76 Å². The Morgan fingerprint density at radius 2 is 2.00 bits per heavy atom. The van der Waals surface area contributed by atoms with E-state index in [2.05, 4.69) is 4.98 Å². The SMILES string of the molecule is CSc1ccc2nc(N(Cc3ccco3)C(=O)c3cccc(S(C)(=O)=O)c3)sc2c1. The maximum absolute atomic E-state index is 13.4. The summed E-state index contributed by atoms with van der Waals surface area (Å²) in [5.74, 6) is 0.257. The van der Waals surface area contributed by atoms with Crippen molar-refractivity contribution in [3.63, 3.8) is 0 Å². The molecule has 154 valence electrons. The molecule has 1 amide bonds. The molecule has 0 atom stereocenters. The van der Waals surface area contributed by atoms with Crippen LogP contribution in [0.25, 0.3) is 10.2 Å². The van der Waals surface area contributed by atoms with Gasteiger partial charge in [-0.3, -0.25) is 9.69 Å². The molecule has 6 nitrogen and oxygen atoms in total. The predicted octanol–water partition coefficient (Wildman–Crippen LogP) is 4.86. The number of hydrogen-bond donors (Lipinski definition) is 0. The maximum atomic E-state index is 13.4. The fourth-order valence-electron chi connectivity index (χ4n) is 2.94. The van der Waals surface area contributed by atoms with Gasteiger partial charge in [-0.05, 0) is 54.8 Å². The lowest BCUT2D eigenvalue weighted by atomic mass is 10.2. The Morgan fingerprint density at radius 3 is 2.70 bits per heavy atom. The number of carbonyl (C=O) groups excluding carboxylic acids is 1. The van der Waals surface area contributed by atoms with Gasteiger partial charge in [-0.25, -0.2) is 13.4 Å². The number of anilines is 1. The zero-order valence-electron chi connectivity index (χ0n) is 16.2. The Morgan fingerprint density at radius 1 is 1.17 bits per heavy atom. The molecular weight excluding hydrogens is 440 g/mol. The molecule has 9 heteroatoms. The van der Waals surface area contributed by atoms with Crippen molar-refractivity contribution in [3.05, 3.63) is 72.2 Å². The first kappa shape index (κ1) is 20.6. The average molecular weight is 459 g/mol. The molecule has 4 aromatic rings. The zero-order valence-corrected chi connectivity index (χ0v) is 18.7. The zero-order chi connectivity index (χ0) is 21.3. The van der Waals surface area contributed by atoms with Crippen LogP contribution in [0.4, 0.5) is 5.13 Å². The number of nitrogens with zero attached hydrogens (tertiary/aromatic N) is 2. The Balaban J connectivity index is 1.78. The Bertz CT molecular complexity index is 1310. The Kier molecular flexibility index (Phi) is 5.68. The summed E-state index contributed by atoms with van der Waals surface area (Å²) in [4.78, 5) is 20.8. The standard InChI is InChI=1S/C21H18N2O4S3/c1-28-16-8-9-18-19(12-16)29-21(22-18)23(13-15-6-4-10-27-15)20(24)14-5-3-7-17(11-14)30(2,25)26/h3-12H,13H2,1-2H3. The quantitative estimate of drug-likeness (QED) is 0.384. The summed E-state index contributed by atoms with van der Waals surface area (Å²) < 4.78 is 30.3. The molecule has 2 aromatic carbocycles. The van der Waals surface area contributed by atoms with Crippen LogP contribution in [0.15, 0.2) is 75.1 Å². The van der Waals surface area contributed by atoms with Crippen LogP contribution in [0.3, 0.4) is 0 Å². The summed E-state index contributed by atoms with van der Waals surface area (Å²) in [5, 5.41) is 0.523. The van der Waals surface area contributed by atoms with Gasteiger partial charge in [-0.1, -0.05) is 17.4 Å². The second-order valence-corrected chi connectivity index (χ2v) is 10.5. The highest BCUT2D eigenvalue weighted by Gasteiger charge is 2.24. The topological polar surface area (TPSA) is 80.5 Å². The molecule has 2 heterocycles. The van der Waals surface area contributed by atoms with Gasteiger partial charge in [0, 0.05) is 16.7 Å². The van der Waals surface area contributed by atoms with Crippen molar-refractivity contribution >= 4 is 54.2 Å². The average Bonchev–Trinajstić information content (AvgIpc) is 3.39. The van der Waals surface area contributed by atoms with Crippen molar-refractivity contribution in [2.45, 2.75) is 16.3 Å². The number of hydrogen-bond acceptors (Lipinski definition) is 7. The van der Waals surface area contributed by atoms with Crippen molar-refractivity contribution in [1.82, 2.24) is 4.98 Å². The number of aromatic nitrogens is 1. The van der Waals surface area contributed by atoms with Gasteiger partial charge < -0.3 is 4.42 Å². The van der Waals surface area contributed by atoms with Crippen LogP contribution in [0, 0.1) is 0 Å². The lowest BCUT2D eigenvalue weighted by Crippen LogP contribution is -2.30. The molecule has 0 aliphatic rings. The van der Waals surface area contributed by atoms with E-state index in [9.17, 15) is 13.2 Å². The summed E-state index contributed by atoms with van der Waals surface area (Å²) in [7, 11) is -3.43. The summed E-state index contributed by atoms with van der Waals surface area (Å²) >= 11 is 3.05. The summed E-state index contributed by atoms with van der Waals surface area (Å²) in [5.41, 5.74) is 1.07. The number of rotatable bonds is 6. The molecular formula is C21H18N2O4S3. The van der Waals surface area contributed by atoms with Crippen LogP contribution in [0.5, 0.6) is 0 Å². The van der Waals surface area contributed by atoms with Crippen molar-refractivity contribution in [1.29, 1.82) is 0 Å². The number of amides is 1. The number of thioether (sulfide) groups is 1. The highest BCUT2D eigenvalue weighted by Crippen LogP contribution is 2.33. The molecule has 0 spiro atoms. The number of furan rings is 1. The van der Waals surface area contributed by atoms with E-state index in [1.165, 1.54) is 28.4 Å². The van der Waals surface area contributed by atoms with Crippen molar-refractivity contribution in [2.24, 2.45) is 0 Å². The molecule has 0 aliphatic heterocycles. The van der Waals surface area contributed by atoms with Gasteiger partial charge >= 0.3 is 0 Å². The van der Waals surface area contributed by atoms with Gasteiger partial charge in [0.05, 0.1) is 27.9 Å². The monoisotopic (exact) mass is 458 g/mol. The number of benzene rings is 2. The molecule has 0 bridgehead atoms. The second kappa shape index (κ2) is 8.25. The van der Waals surface area contributed by atoms with E-state index in [0.717, 1.165) is 21.4 Å². The van der Waals surface area contributed by atoms with Crippen molar-refractivity contribution < 1.29 is 17.6 Å². The highest BCUT2D eigenvalue weighted by molar-refractivity contribution is 7.98. The van der Waals surface area contributed by atoms with E-state index in [1.807, 2.05) is 24.5 Å². The van der Waals surface area contributed by atoms with Crippen molar-refractivity contribution in [3.8, 4) is 0 Å². The van der Waals surface area contributed by atoms with Crippen LogP contribution >= 0.6 is 23.1 Å². The van der Waals surface area contributed by atoms with Gasteiger partial charge in [-0.2, -0.15) is 0 Å². The largest absolute Gasteiger partial charge is 0.467 e. The Labute approximate surface area is 182 Å². The third-order valence-corrected chi connectivity index (χ3v) is 7.34. The third-order valence-electron chi connectivity index (χ3n) is 4.46. The second-order valence-electron chi connectivity index (χ2n) is 6.60. The highest BCUT2D eigenvalue weighted by atomic mass is 32.2. The molecule has 0 saturated heterocycles. The Hall–Kier alpha value is -2.62. The molecule has 4 rings (SSSR count). The third kappa shape index (κ3) is 4.28. The van der Waals surface area contributed by atoms with Gasteiger partial charge in [0.25, 0.3) is 5.91 Å². The fraction of sp³-hybridized carbons (Fsp3) is 0.143. The summed E-state index contributed by atoms with van der Waals surface area (Å²) in [6.07, 6.45) is 4.67. The lowest BCUT2D eigenvalue weighted by molar-refractivity contribution is 0.0983. The lowest BCUT2D eigenvalue weighted by Gasteiger charge is -2.19. The minimum absolute atomic E-state index is 0.0974. The molecule has 0 saturated carbocycles. The van der Waals surface area contributed by atoms with Crippen molar-refractivity contribution in [2.75, 3.05) is 17.4 Å². The van der Waals surface area contributed by atoms with Gasteiger partial charge in [0.2, 0.25) is 0 Å². The molecule has 0 unspecified atom stereocenters. The molecule has 0 fully saturated rings. The molecule has 0 radical (unpaired) electrons. The van der Waals surface area contributed by atoms with Crippen LogP contribution in [0.2, 0.25) is 0 Å². The van der Waals surface area contributed by atoms with Crippen LogP contribution in [0.1, 0.15) is 16.1 Å². The first-order chi connectivity index (χ1) is 14.3. The van der Waals surface area contributed by atoms with Gasteiger partial charge in [0.15, 0.2) is 15.0 Å². The van der Waals surface area contributed by atoms with Gasteiger partial charge in [-0.15, -0.1) is 11.8 Å². The first-order valence-corrected chi connectivity index (χ1v) is 12.9.